The summed E-state index contributed by atoms with van der Waals surface area (Å²) in [4.78, 5) is 14.5. The molecular weight excluding hydrogens is 272 g/mol. The van der Waals surface area contributed by atoms with Gasteiger partial charge in [-0.2, -0.15) is 4.98 Å². The predicted molar refractivity (Wildman–Crippen MR) is 81.5 cm³/mol. The first kappa shape index (κ1) is 14.7. The number of hydrogen-bond donors (Lipinski definition) is 1. The third-order valence-electron chi connectivity index (χ3n) is 2.76. The minimum Gasteiger partial charge on any atom is -0.478 e. The van der Waals surface area contributed by atoms with Gasteiger partial charge in [-0.15, -0.1) is 11.3 Å². The molecule has 5 nitrogen and oxygen atoms in total. The lowest BCUT2D eigenvalue weighted by atomic mass is 10.3. The van der Waals surface area contributed by atoms with E-state index in [1.807, 2.05) is 26.1 Å². The van der Waals surface area contributed by atoms with Crippen molar-refractivity contribution in [3.05, 3.63) is 27.8 Å². The van der Waals surface area contributed by atoms with Crippen molar-refractivity contribution in [3.63, 3.8) is 0 Å². The van der Waals surface area contributed by atoms with Gasteiger partial charge in [0.2, 0.25) is 11.8 Å². The summed E-state index contributed by atoms with van der Waals surface area (Å²) in [5, 5.41) is 4.33. The van der Waals surface area contributed by atoms with Crippen LogP contribution in [0.1, 0.15) is 42.4 Å². The van der Waals surface area contributed by atoms with E-state index in [2.05, 4.69) is 34.1 Å². The predicted octanol–water partition coefficient (Wildman–Crippen LogP) is 3.38. The molecule has 2 heterocycles. The summed E-state index contributed by atoms with van der Waals surface area (Å²) in [5.74, 6) is 1.18. The molecule has 0 radical (unpaired) electrons. The average Bonchev–Trinajstić information content (AvgIpc) is 2.87. The molecule has 1 N–H and O–H groups in total. The highest BCUT2D eigenvalue weighted by Crippen LogP contribution is 2.23. The summed E-state index contributed by atoms with van der Waals surface area (Å²) >= 11 is 1.72. The molecule has 2 aromatic rings. The third kappa shape index (κ3) is 3.66. The van der Waals surface area contributed by atoms with Crippen LogP contribution in [0, 0.1) is 6.92 Å². The fourth-order valence-corrected chi connectivity index (χ4v) is 2.63. The Hall–Kier alpha value is -1.69. The Morgan fingerprint density at radius 2 is 2.15 bits per heavy atom. The molecule has 2 rings (SSSR count). The number of anilines is 1. The van der Waals surface area contributed by atoms with Crippen LogP contribution in [0.2, 0.25) is 0 Å². The van der Waals surface area contributed by atoms with Gasteiger partial charge >= 0.3 is 0 Å². The van der Waals surface area contributed by atoms with Gasteiger partial charge in [0.15, 0.2) is 0 Å². The number of rotatable bonds is 6. The molecule has 0 aromatic carbocycles. The Bertz CT molecular complexity index is 570. The number of thiazole rings is 1. The average molecular weight is 292 g/mol. The summed E-state index contributed by atoms with van der Waals surface area (Å²) in [6.07, 6.45) is 2.95. The summed E-state index contributed by atoms with van der Waals surface area (Å²) in [7, 11) is 0. The second-order valence-corrected chi connectivity index (χ2v) is 5.64. The summed E-state index contributed by atoms with van der Waals surface area (Å²) in [6.45, 7) is 8.66. The van der Waals surface area contributed by atoms with Gasteiger partial charge in [0, 0.05) is 22.8 Å². The van der Waals surface area contributed by atoms with Crippen molar-refractivity contribution in [3.8, 4) is 5.88 Å². The molecule has 0 saturated carbocycles. The van der Waals surface area contributed by atoms with Crippen molar-refractivity contribution >= 4 is 17.3 Å². The molecule has 0 spiro atoms. The van der Waals surface area contributed by atoms with Crippen molar-refractivity contribution in [1.82, 2.24) is 15.0 Å². The molecule has 2 aromatic heterocycles. The zero-order valence-electron chi connectivity index (χ0n) is 12.3. The zero-order chi connectivity index (χ0) is 14.5. The fraction of sp³-hybridized carbons (Fsp3) is 0.500. The second kappa shape index (κ2) is 6.65. The molecule has 0 fully saturated rings. The highest BCUT2D eigenvalue weighted by molar-refractivity contribution is 7.11. The van der Waals surface area contributed by atoms with Crippen LogP contribution in [0.5, 0.6) is 5.88 Å². The van der Waals surface area contributed by atoms with Gasteiger partial charge in [-0.05, 0) is 27.2 Å². The second-order valence-electron chi connectivity index (χ2n) is 4.49. The number of aryl methyl sites for hydroxylation is 2. The molecule has 108 valence electrons. The van der Waals surface area contributed by atoms with Crippen LogP contribution < -0.4 is 10.1 Å². The van der Waals surface area contributed by atoms with E-state index in [0.717, 1.165) is 17.1 Å². The lowest BCUT2D eigenvalue weighted by molar-refractivity contribution is 0.326. The summed E-state index contributed by atoms with van der Waals surface area (Å²) in [6, 6.07) is 1.91. The van der Waals surface area contributed by atoms with Gasteiger partial charge in [-0.25, -0.2) is 9.97 Å². The number of nitrogens with zero attached hydrogens (tertiary/aromatic N) is 3. The minimum atomic E-state index is 0.0802. The molecule has 1 atom stereocenters. The maximum atomic E-state index is 5.43. The molecule has 0 aliphatic heterocycles. The molecule has 0 aliphatic rings. The number of aromatic nitrogens is 3. The topological polar surface area (TPSA) is 59.9 Å². The van der Waals surface area contributed by atoms with Crippen molar-refractivity contribution in [2.24, 2.45) is 0 Å². The summed E-state index contributed by atoms with van der Waals surface area (Å²) in [5.41, 5.74) is 0.881. The van der Waals surface area contributed by atoms with Crippen molar-refractivity contribution in [2.45, 2.75) is 40.2 Å². The largest absolute Gasteiger partial charge is 0.478 e. The van der Waals surface area contributed by atoms with Crippen LogP contribution in [0.15, 0.2) is 12.3 Å². The monoisotopic (exact) mass is 292 g/mol. The van der Waals surface area contributed by atoms with Crippen molar-refractivity contribution < 1.29 is 4.74 Å². The van der Waals surface area contributed by atoms with Crippen LogP contribution in [0.25, 0.3) is 0 Å². The third-order valence-corrected chi connectivity index (χ3v) is 4.08. The number of ether oxygens (including phenoxy) is 1. The quantitative estimate of drug-likeness (QED) is 0.884. The molecule has 1 unspecified atom stereocenters. The Balaban J connectivity index is 2.12. The van der Waals surface area contributed by atoms with Gasteiger partial charge in [0.05, 0.1) is 12.6 Å². The lowest BCUT2D eigenvalue weighted by Crippen LogP contribution is -2.10. The molecule has 0 amide bonds. The van der Waals surface area contributed by atoms with Crippen LogP contribution in [0.3, 0.4) is 0 Å². The Kier molecular flexibility index (Phi) is 4.89. The maximum absolute atomic E-state index is 5.43. The minimum absolute atomic E-state index is 0.0802. The van der Waals surface area contributed by atoms with E-state index < -0.39 is 0 Å². The smallest absolute Gasteiger partial charge is 0.226 e. The van der Waals surface area contributed by atoms with E-state index in [4.69, 9.17) is 4.74 Å². The fourth-order valence-electron chi connectivity index (χ4n) is 1.77. The first-order valence-corrected chi connectivity index (χ1v) is 7.63. The van der Waals surface area contributed by atoms with E-state index in [-0.39, 0.29) is 6.04 Å². The lowest BCUT2D eigenvalue weighted by Gasteiger charge is -2.12. The molecule has 20 heavy (non-hydrogen) atoms. The van der Waals surface area contributed by atoms with E-state index in [0.29, 0.717) is 18.4 Å². The van der Waals surface area contributed by atoms with Crippen LogP contribution in [-0.2, 0) is 6.42 Å². The van der Waals surface area contributed by atoms with Crippen LogP contribution in [-0.4, -0.2) is 21.6 Å². The Morgan fingerprint density at radius 1 is 1.35 bits per heavy atom. The molecular formula is C14H20N4OS. The SMILES string of the molecule is CCOc1cc(C)nc(NC(C)c2ncc(CC)s2)n1. The standard InChI is InChI=1S/C14H20N4OS/c1-5-11-8-15-13(20-11)10(4)17-14-16-9(3)7-12(18-14)19-6-2/h7-8,10H,5-6H2,1-4H3,(H,16,17,18). The maximum Gasteiger partial charge on any atom is 0.226 e. The van der Waals surface area contributed by atoms with Gasteiger partial charge in [0.25, 0.3) is 0 Å². The Morgan fingerprint density at radius 3 is 2.80 bits per heavy atom. The molecule has 6 heteroatoms. The van der Waals surface area contributed by atoms with E-state index in [9.17, 15) is 0 Å². The van der Waals surface area contributed by atoms with Gasteiger partial charge in [-0.1, -0.05) is 6.92 Å². The van der Waals surface area contributed by atoms with Gasteiger partial charge in [-0.3, -0.25) is 0 Å². The molecule has 0 bridgehead atoms. The van der Waals surface area contributed by atoms with Gasteiger partial charge < -0.3 is 10.1 Å². The molecule has 0 aliphatic carbocycles. The normalized spacial score (nSPS) is 12.2. The first-order valence-electron chi connectivity index (χ1n) is 6.82. The van der Waals surface area contributed by atoms with E-state index in [1.165, 1.54) is 4.88 Å². The molecule has 0 saturated heterocycles. The van der Waals surface area contributed by atoms with E-state index >= 15 is 0 Å². The first-order chi connectivity index (χ1) is 9.62. The Labute approximate surface area is 123 Å². The van der Waals surface area contributed by atoms with Crippen LogP contribution >= 0.6 is 11.3 Å². The van der Waals surface area contributed by atoms with Crippen molar-refractivity contribution in [1.29, 1.82) is 0 Å². The number of nitrogens with one attached hydrogen (secondary N) is 1. The van der Waals surface area contributed by atoms with Crippen LogP contribution in [0.4, 0.5) is 5.95 Å². The highest BCUT2D eigenvalue weighted by atomic mass is 32.1. The zero-order valence-corrected chi connectivity index (χ0v) is 13.1. The number of hydrogen-bond acceptors (Lipinski definition) is 6. The van der Waals surface area contributed by atoms with E-state index in [1.54, 1.807) is 11.3 Å². The van der Waals surface area contributed by atoms with Gasteiger partial charge in [0.1, 0.15) is 5.01 Å². The van der Waals surface area contributed by atoms with Crippen molar-refractivity contribution in [2.75, 3.05) is 11.9 Å². The summed E-state index contributed by atoms with van der Waals surface area (Å²) < 4.78 is 5.43. The highest BCUT2D eigenvalue weighted by Gasteiger charge is 2.12.